The van der Waals surface area contributed by atoms with E-state index < -0.39 is 42.1 Å². The summed E-state index contributed by atoms with van der Waals surface area (Å²) in [5, 5.41) is 0. The molecule has 0 saturated carbocycles. The van der Waals surface area contributed by atoms with Crippen LogP contribution in [0.15, 0.2) is 126 Å². The smallest absolute Gasteiger partial charge is 0.338 e. The third kappa shape index (κ3) is 6.30. The number of rotatable bonds is 8. The molecule has 7 heteroatoms. The summed E-state index contributed by atoms with van der Waals surface area (Å²) >= 11 is 1.50. The van der Waals surface area contributed by atoms with Crippen LogP contribution < -0.4 is 0 Å². The summed E-state index contributed by atoms with van der Waals surface area (Å²) in [5.41, 5.74) is 1.83. The van der Waals surface area contributed by atoms with Gasteiger partial charge in [0.1, 0.15) is 23.7 Å². The summed E-state index contributed by atoms with van der Waals surface area (Å²) in [5.74, 6) is -0.439. The van der Waals surface area contributed by atoms with Crippen LogP contribution in [0.1, 0.15) is 27.8 Å². The van der Waals surface area contributed by atoms with Crippen molar-refractivity contribution in [3.63, 3.8) is 0 Å². The summed E-state index contributed by atoms with van der Waals surface area (Å²) in [4.78, 5) is 14.4. The highest BCUT2D eigenvalue weighted by atomic mass is 32.2. The van der Waals surface area contributed by atoms with E-state index in [9.17, 15) is 4.79 Å². The monoisotopic (exact) mass is 554 g/mol. The van der Waals surface area contributed by atoms with Crippen molar-refractivity contribution in [2.24, 2.45) is 0 Å². The van der Waals surface area contributed by atoms with E-state index >= 15 is 0 Å². The number of hydrogen-bond acceptors (Lipinski definition) is 7. The van der Waals surface area contributed by atoms with Gasteiger partial charge in [-0.05, 0) is 29.8 Å². The largest absolute Gasteiger partial charge is 0.452 e. The minimum atomic E-state index is -0.752. The fraction of sp³-hybridized carbons (Fsp3) is 0.242. The van der Waals surface area contributed by atoms with Gasteiger partial charge in [-0.1, -0.05) is 109 Å². The second-order valence-electron chi connectivity index (χ2n) is 9.65. The Morgan fingerprint density at radius 1 is 0.750 bits per heavy atom. The first-order chi connectivity index (χ1) is 19.7. The highest BCUT2D eigenvalue weighted by Crippen LogP contribution is 2.41. The molecule has 0 spiro atoms. The lowest BCUT2D eigenvalue weighted by atomic mass is 9.98. The molecule has 0 bridgehead atoms. The molecule has 6 nitrogen and oxygen atoms in total. The zero-order valence-electron chi connectivity index (χ0n) is 21.8. The van der Waals surface area contributed by atoms with Gasteiger partial charge < -0.3 is 23.7 Å². The van der Waals surface area contributed by atoms with Crippen LogP contribution in [0, 0.1) is 0 Å². The van der Waals surface area contributed by atoms with Crippen molar-refractivity contribution in [1.29, 1.82) is 0 Å². The minimum Gasteiger partial charge on any atom is -0.452 e. The van der Waals surface area contributed by atoms with Crippen molar-refractivity contribution < 1.29 is 28.5 Å². The Morgan fingerprint density at radius 3 is 2.08 bits per heavy atom. The molecule has 0 N–H and O–H groups in total. The zero-order valence-corrected chi connectivity index (χ0v) is 22.6. The third-order valence-electron chi connectivity index (χ3n) is 6.89. The van der Waals surface area contributed by atoms with Crippen LogP contribution in [0.5, 0.6) is 0 Å². The van der Waals surface area contributed by atoms with Crippen molar-refractivity contribution >= 4 is 17.7 Å². The fourth-order valence-corrected chi connectivity index (χ4v) is 6.03. The summed E-state index contributed by atoms with van der Waals surface area (Å²) in [6, 6.07) is 38.6. The lowest BCUT2D eigenvalue weighted by molar-refractivity contribution is -0.324. The average Bonchev–Trinajstić information content (AvgIpc) is 3.02. The molecule has 0 amide bonds. The third-order valence-corrected chi connectivity index (χ3v) is 8.04. The van der Waals surface area contributed by atoms with Gasteiger partial charge in [0.25, 0.3) is 0 Å². The van der Waals surface area contributed by atoms with E-state index in [4.69, 9.17) is 23.7 Å². The van der Waals surface area contributed by atoms with Gasteiger partial charge in [-0.25, -0.2) is 4.79 Å². The molecule has 204 valence electrons. The number of fused-ring (bicyclic) bond motifs is 1. The normalized spacial score (nSPS) is 26.0. The Bertz CT molecular complexity index is 1360. The van der Waals surface area contributed by atoms with Gasteiger partial charge in [0, 0.05) is 10.5 Å². The molecule has 0 radical (unpaired) electrons. The van der Waals surface area contributed by atoms with E-state index in [0.717, 1.165) is 16.0 Å². The quantitative estimate of drug-likeness (QED) is 0.233. The fourth-order valence-electron chi connectivity index (χ4n) is 4.90. The van der Waals surface area contributed by atoms with Gasteiger partial charge in [0.2, 0.25) is 0 Å². The van der Waals surface area contributed by atoms with Crippen LogP contribution in [-0.2, 0) is 30.3 Å². The Morgan fingerprint density at radius 2 is 1.38 bits per heavy atom. The van der Waals surface area contributed by atoms with E-state index in [-0.39, 0.29) is 0 Å². The predicted molar refractivity (Wildman–Crippen MR) is 152 cm³/mol. The number of carbonyl (C=O) groups excluding carboxylic acids is 1. The first-order valence-electron chi connectivity index (χ1n) is 13.4. The van der Waals surface area contributed by atoms with Crippen LogP contribution in [0.4, 0.5) is 0 Å². The molecule has 2 aliphatic rings. The number of thioether (sulfide) groups is 1. The summed E-state index contributed by atoms with van der Waals surface area (Å²) in [7, 11) is 0. The van der Waals surface area contributed by atoms with Crippen LogP contribution >= 0.6 is 11.8 Å². The van der Waals surface area contributed by atoms with E-state index in [1.165, 1.54) is 11.8 Å². The van der Waals surface area contributed by atoms with Crippen molar-refractivity contribution in [3.8, 4) is 0 Å². The highest BCUT2D eigenvalue weighted by Gasteiger charge is 2.52. The Balaban J connectivity index is 1.33. The first-order valence-corrected chi connectivity index (χ1v) is 14.2. The van der Waals surface area contributed by atoms with Crippen LogP contribution in [0.2, 0.25) is 0 Å². The average molecular weight is 555 g/mol. The van der Waals surface area contributed by atoms with Gasteiger partial charge >= 0.3 is 5.97 Å². The minimum absolute atomic E-state index is 0.320. The van der Waals surface area contributed by atoms with E-state index in [0.29, 0.717) is 18.8 Å². The van der Waals surface area contributed by atoms with Gasteiger partial charge in [-0.3, -0.25) is 0 Å². The molecule has 4 aromatic carbocycles. The lowest BCUT2D eigenvalue weighted by Crippen LogP contribution is -2.62. The summed E-state index contributed by atoms with van der Waals surface area (Å²) in [6.45, 7) is 0.650. The molecule has 2 aliphatic heterocycles. The molecule has 2 heterocycles. The molecular formula is C33H30O6S. The second kappa shape index (κ2) is 12.8. The van der Waals surface area contributed by atoms with E-state index in [1.54, 1.807) is 12.1 Å². The van der Waals surface area contributed by atoms with Crippen LogP contribution in [0.3, 0.4) is 0 Å². The zero-order chi connectivity index (χ0) is 27.1. The SMILES string of the molecule is O=C(O[C@H]1[C@@H](OCc2ccccc2)[C@@H]2O[C@H](c3ccccc3)OC[C@H]2O[C@@H]1Sc1ccccc1)c1ccccc1. The maximum Gasteiger partial charge on any atom is 0.338 e. The maximum absolute atomic E-state index is 13.4. The topological polar surface area (TPSA) is 63.2 Å². The molecule has 0 aliphatic carbocycles. The Hall–Kier alpha value is -3.46. The lowest BCUT2D eigenvalue weighted by Gasteiger charge is -2.48. The number of esters is 1. The van der Waals surface area contributed by atoms with Gasteiger partial charge in [0.15, 0.2) is 12.4 Å². The number of ether oxygens (including phenoxy) is 5. The van der Waals surface area contributed by atoms with Gasteiger partial charge in [0.05, 0.1) is 18.8 Å². The van der Waals surface area contributed by atoms with Gasteiger partial charge in [-0.15, -0.1) is 0 Å². The molecule has 6 rings (SSSR count). The molecule has 40 heavy (non-hydrogen) atoms. The van der Waals surface area contributed by atoms with E-state index in [2.05, 4.69) is 0 Å². The van der Waals surface area contributed by atoms with Crippen molar-refractivity contribution in [3.05, 3.63) is 138 Å². The van der Waals surface area contributed by atoms with Crippen molar-refractivity contribution in [2.75, 3.05) is 6.61 Å². The molecule has 2 fully saturated rings. The Kier molecular flexibility index (Phi) is 8.56. The second-order valence-corrected chi connectivity index (χ2v) is 10.8. The summed E-state index contributed by atoms with van der Waals surface area (Å²) < 4.78 is 32.0. The van der Waals surface area contributed by atoms with Crippen LogP contribution in [-0.4, -0.2) is 42.4 Å². The molecule has 0 aromatic heterocycles. The molecule has 6 atom stereocenters. The van der Waals surface area contributed by atoms with Crippen molar-refractivity contribution in [2.45, 2.75) is 47.6 Å². The predicted octanol–water partition coefficient (Wildman–Crippen LogP) is 6.43. The molecule has 2 saturated heterocycles. The Labute approximate surface area is 238 Å². The molecular weight excluding hydrogens is 524 g/mol. The molecule has 0 unspecified atom stereocenters. The summed E-state index contributed by atoms with van der Waals surface area (Å²) in [6.07, 6.45) is -2.88. The van der Waals surface area contributed by atoms with E-state index in [1.807, 2.05) is 109 Å². The number of hydrogen-bond donors (Lipinski definition) is 0. The van der Waals surface area contributed by atoms with Gasteiger partial charge in [-0.2, -0.15) is 0 Å². The van der Waals surface area contributed by atoms with Crippen molar-refractivity contribution in [1.82, 2.24) is 0 Å². The van der Waals surface area contributed by atoms with Crippen LogP contribution in [0.25, 0.3) is 0 Å². The molecule has 4 aromatic rings. The number of carbonyl (C=O) groups is 1. The maximum atomic E-state index is 13.4. The first kappa shape index (κ1) is 26.7. The highest BCUT2D eigenvalue weighted by molar-refractivity contribution is 7.99. The standard InChI is InChI=1S/C33H30O6S/c34-31(24-15-7-2-8-16-24)38-30-29(35-21-23-13-5-1-6-14-23)28-27(37-33(30)40-26-19-11-4-12-20-26)22-36-32(39-28)25-17-9-3-10-18-25/h1-20,27-30,32-33H,21-22H2/t27-,28-,29+,30+,32-,33-/m1/s1. The number of benzene rings is 4.